The Balaban J connectivity index is 1.59. The Bertz CT molecular complexity index is 949. The Morgan fingerprint density at radius 2 is 1.41 bits per heavy atom. The number of benzene rings is 1. The van der Waals surface area contributed by atoms with Gasteiger partial charge in [0.2, 0.25) is 5.83 Å². The largest absolute Gasteiger partial charge is 0.491 e. The lowest BCUT2D eigenvalue weighted by Gasteiger charge is -2.29. The van der Waals surface area contributed by atoms with Crippen LogP contribution in [0.3, 0.4) is 0 Å². The summed E-state index contributed by atoms with van der Waals surface area (Å²) in [5, 5.41) is 9.67. The summed E-state index contributed by atoms with van der Waals surface area (Å²) in [5.74, 6) is -4.14. The van der Waals surface area contributed by atoms with Crippen molar-refractivity contribution in [3.8, 4) is 0 Å². The lowest BCUT2D eigenvalue weighted by atomic mass is 9.77. The first kappa shape index (κ1) is 26.3. The van der Waals surface area contributed by atoms with Gasteiger partial charge in [0.25, 0.3) is 0 Å². The molecule has 1 N–H and O–H groups in total. The van der Waals surface area contributed by atoms with E-state index in [1.807, 2.05) is 0 Å². The van der Waals surface area contributed by atoms with Crippen LogP contribution in [0.15, 0.2) is 60.4 Å². The number of hydrogen-bond donors (Lipinski definition) is 1. The van der Waals surface area contributed by atoms with Gasteiger partial charge in [-0.3, -0.25) is 0 Å². The first-order chi connectivity index (χ1) is 16.2. The summed E-state index contributed by atoms with van der Waals surface area (Å²) in [4.78, 5) is 0. The fourth-order valence-electron chi connectivity index (χ4n) is 5.05. The minimum atomic E-state index is -1.16. The van der Waals surface area contributed by atoms with E-state index in [1.54, 1.807) is 25.1 Å². The molecule has 2 fully saturated rings. The summed E-state index contributed by atoms with van der Waals surface area (Å²) in [5.41, 5.74) is 0.728. The molecule has 2 saturated carbocycles. The highest BCUT2D eigenvalue weighted by atomic mass is 19.2. The predicted molar refractivity (Wildman–Crippen MR) is 127 cm³/mol. The Hall–Kier alpha value is -2.34. The van der Waals surface area contributed by atoms with Crippen LogP contribution in [0.25, 0.3) is 0 Å². The minimum absolute atomic E-state index is 0.0501. The lowest BCUT2D eigenvalue weighted by molar-refractivity contribution is 0.122. The molecule has 0 bridgehead atoms. The zero-order chi connectivity index (χ0) is 24.8. The molecule has 3 rings (SSSR count). The SMILES string of the molecule is C=C(/C=C/C1CCC(c2ccc(C3CCC(O)CC3)c(F)c2F)CC1)/C(F)=C(/F)C(=C)OCC. The Labute approximate surface area is 199 Å². The Morgan fingerprint density at radius 3 is 1.91 bits per heavy atom. The highest BCUT2D eigenvalue weighted by Gasteiger charge is 2.29. The molecule has 34 heavy (non-hydrogen) atoms. The molecule has 2 nitrogen and oxygen atoms in total. The molecule has 1 aromatic carbocycles. The third-order valence-electron chi connectivity index (χ3n) is 7.10. The molecular formula is C28H34F4O2. The van der Waals surface area contributed by atoms with Crippen molar-refractivity contribution in [1.29, 1.82) is 0 Å². The number of aliphatic hydroxyl groups excluding tert-OH is 1. The van der Waals surface area contributed by atoms with Crippen LogP contribution in [-0.4, -0.2) is 17.8 Å². The molecule has 2 aliphatic rings. The molecule has 0 aromatic heterocycles. The number of hydrogen-bond acceptors (Lipinski definition) is 2. The van der Waals surface area contributed by atoms with Crippen LogP contribution in [-0.2, 0) is 4.74 Å². The van der Waals surface area contributed by atoms with Crippen LogP contribution in [0.1, 0.15) is 81.3 Å². The van der Waals surface area contributed by atoms with Gasteiger partial charge >= 0.3 is 0 Å². The molecule has 0 aliphatic heterocycles. The fraction of sp³-hybridized carbons (Fsp3) is 0.500. The Morgan fingerprint density at radius 1 is 0.912 bits per heavy atom. The quantitative estimate of drug-likeness (QED) is 0.233. The molecular weight excluding hydrogens is 444 g/mol. The predicted octanol–water partition coefficient (Wildman–Crippen LogP) is 8.07. The average Bonchev–Trinajstić information content (AvgIpc) is 2.84. The van der Waals surface area contributed by atoms with E-state index in [0.29, 0.717) is 49.7 Å². The van der Waals surface area contributed by atoms with Crippen molar-refractivity contribution in [2.45, 2.75) is 76.2 Å². The summed E-state index contributed by atoms with van der Waals surface area (Å²) in [6, 6.07) is 3.43. The van der Waals surface area contributed by atoms with Gasteiger partial charge in [-0.05, 0) is 87.2 Å². The van der Waals surface area contributed by atoms with Crippen LogP contribution in [0, 0.1) is 17.6 Å². The van der Waals surface area contributed by atoms with E-state index >= 15 is 0 Å². The second-order valence-electron chi connectivity index (χ2n) is 9.36. The van der Waals surface area contributed by atoms with Crippen molar-refractivity contribution < 1.29 is 27.4 Å². The number of allylic oxidation sites excluding steroid dienone is 5. The van der Waals surface area contributed by atoms with E-state index in [2.05, 4.69) is 13.2 Å². The van der Waals surface area contributed by atoms with Gasteiger partial charge in [0.1, 0.15) is 0 Å². The third-order valence-corrected chi connectivity index (χ3v) is 7.10. The normalized spacial score (nSPS) is 26.3. The van der Waals surface area contributed by atoms with Crippen LogP contribution >= 0.6 is 0 Å². The van der Waals surface area contributed by atoms with Gasteiger partial charge in [-0.1, -0.05) is 37.4 Å². The van der Waals surface area contributed by atoms with Gasteiger partial charge < -0.3 is 9.84 Å². The van der Waals surface area contributed by atoms with Crippen molar-refractivity contribution in [1.82, 2.24) is 0 Å². The van der Waals surface area contributed by atoms with Crippen molar-refractivity contribution in [2.75, 3.05) is 6.61 Å². The number of rotatable bonds is 8. The summed E-state index contributed by atoms with van der Waals surface area (Å²) in [6.45, 7) is 8.77. The molecule has 186 valence electrons. The molecule has 0 saturated heterocycles. The van der Waals surface area contributed by atoms with Gasteiger partial charge in [-0.2, -0.15) is 4.39 Å². The summed E-state index contributed by atoms with van der Waals surface area (Å²) >= 11 is 0. The second kappa shape index (κ2) is 11.9. The second-order valence-corrected chi connectivity index (χ2v) is 9.36. The van der Waals surface area contributed by atoms with Crippen LogP contribution in [0.2, 0.25) is 0 Å². The summed E-state index contributed by atoms with van der Waals surface area (Å²) in [7, 11) is 0. The highest BCUT2D eigenvalue weighted by molar-refractivity contribution is 5.39. The summed E-state index contributed by atoms with van der Waals surface area (Å²) in [6.07, 6.45) is 8.30. The molecule has 2 aliphatic carbocycles. The number of ether oxygens (including phenoxy) is 1. The molecule has 6 heteroatoms. The smallest absolute Gasteiger partial charge is 0.200 e. The molecule has 0 amide bonds. The third kappa shape index (κ3) is 6.21. The van der Waals surface area contributed by atoms with Crippen molar-refractivity contribution in [2.24, 2.45) is 5.92 Å². The average molecular weight is 479 g/mol. The van der Waals surface area contributed by atoms with E-state index in [0.717, 1.165) is 12.8 Å². The Kier molecular flexibility index (Phi) is 9.17. The maximum atomic E-state index is 15.0. The monoisotopic (exact) mass is 478 g/mol. The molecule has 0 heterocycles. The van der Waals surface area contributed by atoms with Gasteiger partial charge in [0, 0.05) is 5.57 Å². The maximum Gasteiger partial charge on any atom is 0.200 e. The molecule has 0 unspecified atom stereocenters. The number of halogens is 4. The zero-order valence-electron chi connectivity index (χ0n) is 19.8. The minimum Gasteiger partial charge on any atom is -0.491 e. The van der Waals surface area contributed by atoms with E-state index < -0.39 is 23.3 Å². The van der Waals surface area contributed by atoms with Crippen LogP contribution in [0.5, 0.6) is 0 Å². The lowest BCUT2D eigenvalue weighted by Crippen LogP contribution is -2.19. The molecule has 1 aromatic rings. The maximum absolute atomic E-state index is 15.0. The van der Waals surface area contributed by atoms with Gasteiger partial charge in [-0.15, -0.1) is 0 Å². The van der Waals surface area contributed by atoms with Crippen molar-refractivity contribution in [3.05, 3.63) is 83.2 Å². The van der Waals surface area contributed by atoms with Crippen LogP contribution < -0.4 is 0 Å². The molecule has 0 radical (unpaired) electrons. The van der Waals surface area contributed by atoms with E-state index in [1.165, 1.54) is 6.08 Å². The zero-order valence-corrected chi connectivity index (χ0v) is 19.8. The number of aliphatic hydroxyl groups is 1. The van der Waals surface area contributed by atoms with Crippen molar-refractivity contribution in [3.63, 3.8) is 0 Å². The summed E-state index contributed by atoms with van der Waals surface area (Å²) < 4.78 is 62.9. The van der Waals surface area contributed by atoms with Gasteiger partial charge in [-0.25, -0.2) is 13.2 Å². The molecule has 0 atom stereocenters. The standard InChI is InChI=1S/C28H34F4O2/c1-4-34-18(3)26(30)25(29)17(2)5-6-19-7-9-20(10-8-19)23-15-16-24(28(32)27(23)31)21-11-13-22(33)14-12-21/h5-6,15-16,19-22,33H,2-4,7-14H2,1H3/b6-5+,26-25-. The fourth-order valence-corrected chi connectivity index (χ4v) is 5.05. The first-order valence-electron chi connectivity index (χ1n) is 12.1. The van der Waals surface area contributed by atoms with E-state index in [9.17, 15) is 22.7 Å². The first-order valence-corrected chi connectivity index (χ1v) is 12.1. The van der Waals surface area contributed by atoms with Gasteiger partial charge in [0.15, 0.2) is 23.2 Å². The highest BCUT2D eigenvalue weighted by Crippen LogP contribution is 2.41. The van der Waals surface area contributed by atoms with Gasteiger partial charge in [0.05, 0.1) is 12.7 Å². The topological polar surface area (TPSA) is 29.5 Å². The van der Waals surface area contributed by atoms with Crippen molar-refractivity contribution >= 4 is 0 Å². The molecule has 0 spiro atoms. The van der Waals surface area contributed by atoms with E-state index in [-0.39, 0.29) is 41.8 Å². The van der Waals surface area contributed by atoms with E-state index in [4.69, 9.17) is 4.74 Å². The van der Waals surface area contributed by atoms with Crippen LogP contribution in [0.4, 0.5) is 17.6 Å².